The Balaban J connectivity index is 3.38. The van der Waals surface area contributed by atoms with E-state index in [2.05, 4.69) is 6.92 Å². The lowest BCUT2D eigenvalue weighted by molar-refractivity contribution is -0.169. The van der Waals surface area contributed by atoms with Crippen LogP contribution in [0.2, 0.25) is 0 Å². The normalized spacial score (nSPS) is 13.0. The molecule has 0 rings (SSSR count). The van der Waals surface area contributed by atoms with Gasteiger partial charge in [0.2, 0.25) is 0 Å². The summed E-state index contributed by atoms with van der Waals surface area (Å²) < 4.78 is 16.3. The van der Waals surface area contributed by atoms with Crippen LogP contribution >= 0.6 is 0 Å². The Morgan fingerprint density at radius 1 is 0.867 bits per heavy atom. The van der Waals surface area contributed by atoms with Crippen LogP contribution in [-0.4, -0.2) is 32.7 Å². The van der Waals surface area contributed by atoms with E-state index in [4.69, 9.17) is 14.2 Å². The maximum Gasteiger partial charge on any atom is 0.180 e. The molecule has 0 amide bonds. The van der Waals surface area contributed by atoms with Crippen molar-refractivity contribution in [2.75, 3.05) is 26.4 Å². The molecule has 0 aliphatic heterocycles. The Kier molecular flexibility index (Phi) is 11.9. The predicted octanol–water partition coefficient (Wildman–Crippen LogP) is 2.98. The number of unbranched alkanes of at least 4 members (excludes halogenated alkanes) is 3. The summed E-state index contributed by atoms with van der Waals surface area (Å²) in [5.74, 6) is 0. The van der Waals surface area contributed by atoms with E-state index in [0.29, 0.717) is 19.8 Å². The molecule has 0 bridgehead atoms. The molecule has 0 fully saturated rings. The molecule has 1 atom stereocenters. The van der Waals surface area contributed by atoms with Gasteiger partial charge in [0.1, 0.15) is 0 Å². The third-order valence-corrected chi connectivity index (χ3v) is 2.11. The van der Waals surface area contributed by atoms with E-state index < -0.39 is 0 Å². The van der Waals surface area contributed by atoms with Crippen LogP contribution in [0.5, 0.6) is 0 Å². The minimum Gasteiger partial charge on any atom is -0.376 e. The van der Waals surface area contributed by atoms with Gasteiger partial charge in [0, 0.05) is 19.8 Å². The summed E-state index contributed by atoms with van der Waals surface area (Å²) in [7, 11) is 0. The lowest BCUT2D eigenvalue weighted by Gasteiger charge is -2.17. The zero-order valence-electron chi connectivity index (χ0n) is 10.5. The van der Waals surface area contributed by atoms with Crippen molar-refractivity contribution < 1.29 is 14.2 Å². The second-order valence-corrected chi connectivity index (χ2v) is 3.48. The zero-order chi connectivity index (χ0) is 11.4. The van der Waals surface area contributed by atoms with Gasteiger partial charge >= 0.3 is 0 Å². The van der Waals surface area contributed by atoms with Crippen molar-refractivity contribution >= 4 is 0 Å². The van der Waals surface area contributed by atoms with Crippen LogP contribution in [0.4, 0.5) is 0 Å². The summed E-state index contributed by atoms with van der Waals surface area (Å²) in [5.41, 5.74) is 0. The molecule has 0 aromatic heterocycles. The topological polar surface area (TPSA) is 27.7 Å². The molecule has 0 saturated heterocycles. The third kappa shape index (κ3) is 10.2. The van der Waals surface area contributed by atoms with Gasteiger partial charge in [0.15, 0.2) is 6.29 Å². The highest BCUT2D eigenvalue weighted by Crippen LogP contribution is 2.02. The second-order valence-electron chi connectivity index (χ2n) is 3.48. The van der Waals surface area contributed by atoms with Gasteiger partial charge in [0.05, 0.1) is 6.61 Å². The highest BCUT2D eigenvalue weighted by molar-refractivity contribution is 4.44. The molecule has 0 aromatic rings. The van der Waals surface area contributed by atoms with E-state index in [1.807, 2.05) is 13.8 Å². The van der Waals surface area contributed by atoms with Gasteiger partial charge in [0.25, 0.3) is 0 Å². The molecule has 0 aromatic carbocycles. The standard InChI is InChI=1S/C12H26O3/c1-4-7-8-9-10-15-12(14-6-3)11-13-5-2/h12H,4-11H2,1-3H3. The van der Waals surface area contributed by atoms with Crippen LogP contribution in [-0.2, 0) is 14.2 Å². The molecule has 3 nitrogen and oxygen atoms in total. The highest BCUT2D eigenvalue weighted by Gasteiger charge is 2.07. The van der Waals surface area contributed by atoms with Gasteiger partial charge < -0.3 is 14.2 Å². The number of hydrogen-bond donors (Lipinski definition) is 0. The van der Waals surface area contributed by atoms with Gasteiger partial charge in [-0.1, -0.05) is 26.2 Å². The van der Waals surface area contributed by atoms with E-state index in [-0.39, 0.29) is 6.29 Å². The predicted molar refractivity (Wildman–Crippen MR) is 62.0 cm³/mol. The highest BCUT2D eigenvalue weighted by atomic mass is 16.7. The minimum absolute atomic E-state index is 0.184. The third-order valence-electron chi connectivity index (χ3n) is 2.11. The quantitative estimate of drug-likeness (QED) is 0.394. The first-order valence-electron chi connectivity index (χ1n) is 6.16. The van der Waals surface area contributed by atoms with E-state index in [1.165, 1.54) is 19.3 Å². The Bertz CT molecular complexity index is 117. The lowest BCUT2D eigenvalue weighted by atomic mass is 10.2. The fourth-order valence-electron chi connectivity index (χ4n) is 1.29. The molecule has 0 heterocycles. The molecule has 3 heteroatoms. The molecule has 15 heavy (non-hydrogen) atoms. The molecule has 0 aliphatic rings. The van der Waals surface area contributed by atoms with Crippen LogP contribution in [0.1, 0.15) is 46.5 Å². The molecule has 0 saturated carbocycles. The van der Waals surface area contributed by atoms with Crippen molar-refractivity contribution in [2.45, 2.75) is 52.7 Å². The van der Waals surface area contributed by atoms with Crippen molar-refractivity contribution in [2.24, 2.45) is 0 Å². The van der Waals surface area contributed by atoms with Crippen LogP contribution < -0.4 is 0 Å². The molecule has 0 radical (unpaired) electrons. The first-order chi connectivity index (χ1) is 7.35. The number of ether oxygens (including phenoxy) is 3. The van der Waals surface area contributed by atoms with E-state index in [1.54, 1.807) is 0 Å². The fourth-order valence-corrected chi connectivity index (χ4v) is 1.29. The minimum atomic E-state index is -0.184. The van der Waals surface area contributed by atoms with Crippen LogP contribution in [0.25, 0.3) is 0 Å². The molecular formula is C12H26O3. The van der Waals surface area contributed by atoms with Crippen molar-refractivity contribution in [3.05, 3.63) is 0 Å². The molecule has 92 valence electrons. The Morgan fingerprint density at radius 2 is 1.67 bits per heavy atom. The molecule has 0 aliphatic carbocycles. The Labute approximate surface area is 94.1 Å². The summed E-state index contributed by atoms with van der Waals surface area (Å²) in [4.78, 5) is 0. The number of hydrogen-bond acceptors (Lipinski definition) is 3. The monoisotopic (exact) mass is 218 g/mol. The first-order valence-corrected chi connectivity index (χ1v) is 6.16. The maximum atomic E-state index is 5.58. The second kappa shape index (κ2) is 12.0. The van der Waals surface area contributed by atoms with Crippen molar-refractivity contribution in [3.63, 3.8) is 0 Å². The van der Waals surface area contributed by atoms with Gasteiger partial charge in [-0.3, -0.25) is 0 Å². The SMILES string of the molecule is CCCCCCOC(COCC)OCC. The summed E-state index contributed by atoms with van der Waals surface area (Å²) in [6.07, 6.45) is 4.71. The van der Waals surface area contributed by atoms with Gasteiger partial charge in [-0.15, -0.1) is 0 Å². The van der Waals surface area contributed by atoms with E-state index >= 15 is 0 Å². The molecule has 1 unspecified atom stereocenters. The molecule has 0 N–H and O–H groups in total. The summed E-state index contributed by atoms with van der Waals surface area (Å²) in [5, 5.41) is 0. The van der Waals surface area contributed by atoms with Gasteiger partial charge in [-0.2, -0.15) is 0 Å². The Hall–Kier alpha value is -0.120. The van der Waals surface area contributed by atoms with E-state index in [0.717, 1.165) is 13.0 Å². The fraction of sp³-hybridized carbons (Fsp3) is 1.00. The average Bonchev–Trinajstić information content (AvgIpc) is 2.25. The number of rotatable bonds is 11. The molecular weight excluding hydrogens is 192 g/mol. The molecule has 0 spiro atoms. The van der Waals surface area contributed by atoms with Gasteiger partial charge in [-0.05, 0) is 20.3 Å². The van der Waals surface area contributed by atoms with Crippen molar-refractivity contribution in [3.8, 4) is 0 Å². The maximum absolute atomic E-state index is 5.58. The first kappa shape index (κ1) is 14.9. The van der Waals surface area contributed by atoms with Crippen LogP contribution in [0, 0.1) is 0 Å². The Morgan fingerprint density at radius 3 is 2.27 bits per heavy atom. The largest absolute Gasteiger partial charge is 0.376 e. The van der Waals surface area contributed by atoms with Crippen molar-refractivity contribution in [1.29, 1.82) is 0 Å². The smallest absolute Gasteiger partial charge is 0.180 e. The summed E-state index contributed by atoms with van der Waals surface area (Å²) in [6.45, 7) is 8.86. The van der Waals surface area contributed by atoms with Crippen LogP contribution in [0.3, 0.4) is 0 Å². The van der Waals surface area contributed by atoms with Crippen molar-refractivity contribution in [1.82, 2.24) is 0 Å². The average molecular weight is 218 g/mol. The lowest BCUT2D eigenvalue weighted by Crippen LogP contribution is -2.24. The summed E-state index contributed by atoms with van der Waals surface area (Å²) in [6, 6.07) is 0. The van der Waals surface area contributed by atoms with E-state index in [9.17, 15) is 0 Å². The zero-order valence-corrected chi connectivity index (χ0v) is 10.5. The van der Waals surface area contributed by atoms with Gasteiger partial charge in [-0.25, -0.2) is 0 Å². The summed E-state index contributed by atoms with van der Waals surface area (Å²) >= 11 is 0. The van der Waals surface area contributed by atoms with Crippen LogP contribution in [0.15, 0.2) is 0 Å².